The number of alkyl halides is 3. The smallest absolute Gasteiger partial charge is 0.471 e. The van der Waals surface area contributed by atoms with Gasteiger partial charge in [0.1, 0.15) is 5.75 Å². The summed E-state index contributed by atoms with van der Waals surface area (Å²) >= 11 is 6.03. The number of anilines is 2. The maximum absolute atomic E-state index is 14.0. The summed E-state index contributed by atoms with van der Waals surface area (Å²) in [6.45, 7) is 0. The van der Waals surface area contributed by atoms with Gasteiger partial charge in [-0.15, -0.1) is 0 Å². The molecule has 3 aromatic carbocycles. The quantitative estimate of drug-likeness (QED) is 0.407. The average molecular weight is 527 g/mol. The largest absolute Gasteiger partial charge is 0.497 e. The van der Waals surface area contributed by atoms with Gasteiger partial charge in [0.25, 0.3) is 0 Å². The fourth-order valence-electron chi connectivity index (χ4n) is 5.05. The summed E-state index contributed by atoms with van der Waals surface area (Å²) in [5, 5.41) is 3.77. The van der Waals surface area contributed by atoms with Gasteiger partial charge in [-0.1, -0.05) is 48.0 Å². The molecule has 3 aromatic rings. The zero-order valence-corrected chi connectivity index (χ0v) is 20.4. The molecule has 0 saturated carbocycles. The molecule has 0 saturated heterocycles. The second kappa shape index (κ2) is 9.59. The number of benzene rings is 3. The minimum Gasteiger partial charge on any atom is -0.497 e. The third kappa shape index (κ3) is 4.69. The van der Waals surface area contributed by atoms with Crippen LogP contribution in [-0.2, 0) is 9.59 Å². The number of carbonyl (C=O) groups excluding carboxylic acids is 2. The first-order valence-corrected chi connectivity index (χ1v) is 12.0. The van der Waals surface area contributed by atoms with Crippen molar-refractivity contribution in [2.75, 3.05) is 17.3 Å². The summed E-state index contributed by atoms with van der Waals surface area (Å²) in [5.41, 5.74) is 2.18. The zero-order chi connectivity index (χ0) is 26.3. The Labute approximate surface area is 216 Å². The van der Waals surface area contributed by atoms with Gasteiger partial charge in [-0.05, 0) is 59.9 Å². The summed E-state index contributed by atoms with van der Waals surface area (Å²) in [7, 11) is 1.44. The first-order valence-electron chi connectivity index (χ1n) is 11.6. The van der Waals surface area contributed by atoms with E-state index in [0.29, 0.717) is 39.0 Å². The summed E-state index contributed by atoms with van der Waals surface area (Å²) in [4.78, 5) is 27.4. The van der Waals surface area contributed by atoms with Crippen molar-refractivity contribution in [1.29, 1.82) is 0 Å². The minimum atomic E-state index is -5.17. The van der Waals surface area contributed by atoms with E-state index in [1.54, 1.807) is 54.6 Å². The third-order valence-electron chi connectivity index (χ3n) is 6.70. The van der Waals surface area contributed by atoms with E-state index in [1.165, 1.54) is 13.2 Å². The molecule has 1 aliphatic heterocycles. The molecule has 0 spiro atoms. The molecule has 0 radical (unpaired) electrons. The number of rotatable bonds is 3. The lowest BCUT2D eigenvalue weighted by molar-refractivity contribution is -0.170. The molecule has 0 fully saturated rings. The van der Waals surface area contributed by atoms with Gasteiger partial charge in [0.05, 0.1) is 24.5 Å². The number of fused-ring (bicyclic) bond motifs is 1. The number of ether oxygens (including phenoxy) is 1. The van der Waals surface area contributed by atoms with Crippen LogP contribution in [0.25, 0.3) is 0 Å². The molecule has 9 heteroatoms. The maximum Gasteiger partial charge on any atom is 0.471 e. The molecule has 5 nitrogen and oxygen atoms in total. The van der Waals surface area contributed by atoms with E-state index in [1.807, 2.05) is 12.1 Å². The highest BCUT2D eigenvalue weighted by Gasteiger charge is 2.50. The number of methoxy groups -OCH3 is 1. The average Bonchev–Trinajstić information content (AvgIpc) is 3.02. The van der Waals surface area contributed by atoms with Gasteiger partial charge in [-0.3, -0.25) is 14.5 Å². The van der Waals surface area contributed by atoms with Crippen LogP contribution >= 0.6 is 11.6 Å². The number of ketones is 1. The van der Waals surface area contributed by atoms with Gasteiger partial charge in [0.2, 0.25) is 0 Å². The van der Waals surface area contributed by atoms with Crippen LogP contribution in [0.1, 0.15) is 35.9 Å². The Morgan fingerprint density at radius 1 is 1.00 bits per heavy atom. The van der Waals surface area contributed by atoms with Crippen molar-refractivity contribution < 1.29 is 27.5 Å². The predicted octanol–water partition coefficient (Wildman–Crippen LogP) is 6.81. The molecule has 2 atom stereocenters. The molecule has 2 aliphatic rings. The van der Waals surface area contributed by atoms with Crippen molar-refractivity contribution in [3.63, 3.8) is 0 Å². The van der Waals surface area contributed by atoms with Crippen molar-refractivity contribution in [2.24, 2.45) is 0 Å². The zero-order valence-electron chi connectivity index (χ0n) is 19.7. The van der Waals surface area contributed by atoms with Crippen LogP contribution in [0.15, 0.2) is 84.1 Å². The van der Waals surface area contributed by atoms with Crippen molar-refractivity contribution in [2.45, 2.75) is 31.0 Å². The highest BCUT2D eigenvalue weighted by Crippen LogP contribution is 2.48. The third-order valence-corrected chi connectivity index (χ3v) is 6.95. The number of hydrogen-bond acceptors (Lipinski definition) is 4. The molecule has 37 heavy (non-hydrogen) atoms. The van der Waals surface area contributed by atoms with Gasteiger partial charge in [-0.25, -0.2) is 0 Å². The van der Waals surface area contributed by atoms with Crippen LogP contribution in [0.3, 0.4) is 0 Å². The Morgan fingerprint density at radius 2 is 1.73 bits per heavy atom. The number of carbonyl (C=O) groups is 2. The fraction of sp³-hybridized carbons (Fsp3) is 0.214. The second-order valence-corrected chi connectivity index (χ2v) is 9.40. The highest BCUT2D eigenvalue weighted by atomic mass is 35.5. The first-order chi connectivity index (χ1) is 17.7. The Bertz CT molecular complexity index is 1400. The van der Waals surface area contributed by atoms with Crippen molar-refractivity contribution >= 4 is 34.7 Å². The lowest BCUT2D eigenvalue weighted by Crippen LogP contribution is -2.45. The van der Waals surface area contributed by atoms with E-state index < -0.39 is 18.1 Å². The van der Waals surface area contributed by atoms with Crippen LogP contribution in [0.2, 0.25) is 5.02 Å². The predicted molar refractivity (Wildman–Crippen MR) is 135 cm³/mol. The molecule has 0 bridgehead atoms. The van der Waals surface area contributed by atoms with E-state index in [-0.39, 0.29) is 29.4 Å². The summed E-state index contributed by atoms with van der Waals surface area (Å²) in [6.07, 6.45) is -4.72. The van der Waals surface area contributed by atoms with Crippen LogP contribution in [0.4, 0.5) is 24.5 Å². The van der Waals surface area contributed by atoms with E-state index in [9.17, 15) is 22.8 Å². The number of halogens is 4. The number of hydrogen-bond donors (Lipinski definition) is 1. The fourth-order valence-corrected chi connectivity index (χ4v) is 5.17. The van der Waals surface area contributed by atoms with Crippen molar-refractivity contribution in [3.8, 4) is 5.75 Å². The summed E-state index contributed by atoms with van der Waals surface area (Å²) < 4.78 is 47.3. The first kappa shape index (κ1) is 24.9. The number of amides is 1. The molecule has 1 N–H and O–H groups in total. The van der Waals surface area contributed by atoms with Gasteiger partial charge in [-0.2, -0.15) is 13.2 Å². The standard InChI is InChI=1S/C28H22ClF3N2O3/c1-37-20-6-4-5-17(13-20)26-25-22(14-18(15-24(25)35)16-9-11-19(29)12-10-16)33-21-7-2-3-8-23(21)34(26)27(36)28(30,31)32/h2-13,18,26,33H,14-15H2,1H3/t18-,26+/m1/s1. The lowest BCUT2D eigenvalue weighted by Gasteiger charge is -2.35. The van der Waals surface area contributed by atoms with Crippen LogP contribution in [-0.4, -0.2) is 25.0 Å². The SMILES string of the molecule is COc1cccc([C@H]2C3=C(C[C@@H](c4ccc(Cl)cc4)CC3=O)Nc3ccccc3N2C(=O)C(F)(F)F)c1. The Hall–Kier alpha value is -3.78. The van der Waals surface area contributed by atoms with Crippen LogP contribution < -0.4 is 15.0 Å². The molecule has 190 valence electrons. The van der Waals surface area contributed by atoms with Crippen LogP contribution in [0, 0.1) is 0 Å². The topological polar surface area (TPSA) is 58.6 Å². The highest BCUT2D eigenvalue weighted by molar-refractivity contribution is 6.30. The van der Waals surface area contributed by atoms with Crippen molar-refractivity contribution in [3.05, 3.63) is 100 Å². The molecular weight excluding hydrogens is 505 g/mol. The van der Waals surface area contributed by atoms with Gasteiger partial charge in [0, 0.05) is 22.7 Å². The number of nitrogens with one attached hydrogen (secondary N) is 1. The van der Waals surface area contributed by atoms with Gasteiger partial charge in [0.15, 0.2) is 5.78 Å². The van der Waals surface area contributed by atoms with Gasteiger partial charge >= 0.3 is 12.1 Å². The summed E-state index contributed by atoms with van der Waals surface area (Å²) in [6, 6.07) is 18.5. The second-order valence-electron chi connectivity index (χ2n) is 8.97. The number of nitrogens with zero attached hydrogens (tertiary/aromatic N) is 1. The molecular formula is C28H22ClF3N2O3. The molecule has 0 unspecified atom stereocenters. The molecule has 1 amide bonds. The number of para-hydroxylation sites is 2. The normalized spacial score (nSPS) is 19.5. The molecule has 5 rings (SSSR count). The van der Waals surface area contributed by atoms with Crippen LogP contribution in [0.5, 0.6) is 5.75 Å². The monoisotopic (exact) mass is 526 g/mol. The molecule has 1 aliphatic carbocycles. The Kier molecular flexibility index (Phi) is 6.45. The van der Waals surface area contributed by atoms with E-state index >= 15 is 0 Å². The minimum absolute atomic E-state index is 0.0305. The van der Waals surface area contributed by atoms with E-state index in [0.717, 1.165) is 5.56 Å². The number of Topliss-reactive ketones (excluding diaryl/α,β-unsaturated/α-hetero) is 1. The Balaban J connectivity index is 1.73. The number of allylic oxidation sites excluding steroid dienone is 1. The Morgan fingerprint density at radius 3 is 2.43 bits per heavy atom. The van der Waals surface area contributed by atoms with Gasteiger partial charge < -0.3 is 10.1 Å². The van der Waals surface area contributed by atoms with Crippen molar-refractivity contribution in [1.82, 2.24) is 0 Å². The van der Waals surface area contributed by atoms with E-state index in [2.05, 4.69) is 5.32 Å². The molecule has 0 aromatic heterocycles. The molecule has 1 heterocycles. The van der Waals surface area contributed by atoms with E-state index in [4.69, 9.17) is 16.3 Å². The summed E-state index contributed by atoms with van der Waals surface area (Å²) in [5.74, 6) is -2.21. The lowest BCUT2D eigenvalue weighted by atomic mass is 9.78. The maximum atomic E-state index is 14.0.